The van der Waals surface area contributed by atoms with Gasteiger partial charge in [-0.2, -0.15) is 13.2 Å². The Morgan fingerprint density at radius 2 is 1.81 bits per heavy atom. The Labute approximate surface area is 180 Å². The Balaban J connectivity index is 1.56. The number of rotatable bonds is 8. The fourth-order valence-electron chi connectivity index (χ4n) is 4.23. The molecule has 31 heavy (non-hydrogen) atoms. The fourth-order valence-corrected chi connectivity index (χ4v) is 5.03. The molecule has 4 atom stereocenters. The number of ether oxygens (including phenoxy) is 1. The number of hydrogen-bond acceptors (Lipinski definition) is 8. The molecular weight excluding hydrogens is 444 g/mol. The summed E-state index contributed by atoms with van der Waals surface area (Å²) in [5.74, 6) is 0.300. The van der Waals surface area contributed by atoms with Gasteiger partial charge >= 0.3 is 6.18 Å². The molecule has 0 aromatic carbocycles. The lowest BCUT2D eigenvalue weighted by Gasteiger charge is -2.42. The largest absolute Gasteiger partial charge is 0.411 e. The molecule has 1 saturated carbocycles. The van der Waals surface area contributed by atoms with E-state index in [-0.39, 0.29) is 6.04 Å². The Bertz CT molecular complexity index is 677. The summed E-state index contributed by atoms with van der Waals surface area (Å²) < 4.78 is 81.7. The Kier molecular flexibility index (Phi) is 8.51. The molecule has 0 amide bonds. The maximum atomic E-state index is 13.3. The highest BCUT2D eigenvalue weighted by molar-refractivity contribution is 7.88. The van der Waals surface area contributed by atoms with Crippen molar-refractivity contribution in [2.45, 2.75) is 69.4 Å². The molecule has 3 aliphatic rings. The highest BCUT2D eigenvalue weighted by atomic mass is 32.2. The van der Waals surface area contributed by atoms with Crippen molar-refractivity contribution in [1.82, 2.24) is 30.9 Å². The smallest absolute Gasteiger partial charge is 0.340 e. The molecule has 0 aromatic rings. The first-order valence-electron chi connectivity index (χ1n) is 10.5. The summed E-state index contributed by atoms with van der Waals surface area (Å²) in [5.41, 5.74) is 0. The summed E-state index contributed by atoms with van der Waals surface area (Å²) in [4.78, 5) is 1.91. The van der Waals surface area contributed by atoms with E-state index in [2.05, 4.69) is 26.0 Å². The molecule has 0 spiro atoms. The predicted molar refractivity (Wildman–Crippen MR) is 106 cm³/mol. The topological polar surface area (TPSA) is 107 Å². The van der Waals surface area contributed by atoms with E-state index in [1.165, 1.54) is 0 Å². The van der Waals surface area contributed by atoms with Crippen molar-refractivity contribution >= 4 is 10.0 Å². The van der Waals surface area contributed by atoms with Gasteiger partial charge in [-0.1, -0.05) is 0 Å². The second-order valence-corrected chi connectivity index (χ2v) is 10.3. The van der Waals surface area contributed by atoms with Crippen molar-refractivity contribution < 1.29 is 30.7 Å². The lowest BCUT2D eigenvalue weighted by Crippen LogP contribution is -2.75. The monoisotopic (exact) mass is 476 g/mol. The van der Waals surface area contributed by atoms with Crippen LogP contribution in [0.15, 0.2) is 0 Å². The first-order chi connectivity index (χ1) is 14.5. The molecule has 0 aromatic heterocycles. The third kappa shape index (κ3) is 8.68. The molecular formula is C17H32F4N6O3S. The molecule has 2 saturated heterocycles. The van der Waals surface area contributed by atoms with Gasteiger partial charge in [0.2, 0.25) is 10.0 Å². The van der Waals surface area contributed by atoms with Crippen molar-refractivity contribution in [2.75, 3.05) is 32.5 Å². The number of sulfonamides is 1. The first-order valence-corrected chi connectivity index (χ1v) is 12.4. The highest BCUT2D eigenvalue weighted by Gasteiger charge is 2.37. The molecule has 2 aliphatic heterocycles. The van der Waals surface area contributed by atoms with Crippen LogP contribution < -0.4 is 26.0 Å². The van der Waals surface area contributed by atoms with E-state index in [0.29, 0.717) is 44.8 Å². The van der Waals surface area contributed by atoms with Gasteiger partial charge in [0.05, 0.1) is 6.26 Å². The van der Waals surface area contributed by atoms with Crippen LogP contribution in [0.25, 0.3) is 0 Å². The van der Waals surface area contributed by atoms with E-state index in [9.17, 15) is 26.0 Å². The van der Waals surface area contributed by atoms with Gasteiger partial charge in [0.1, 0.15) is 25.4 Å². The van der Waals surface area contributed by atoms with Crippen molar-refractivity contribution in [2.24, 2.45) is 5.92 Å². The molecule has 3 fully saturated rings. The van der Waals surface area contributed by atoms with Crippen LogP contribution in [0.5, 0.6) is 0 Å². The van der Waals surface area contributed by atoms with E-state index < -0.39 is 47.9 Å². The van der Waals surface area contributed by atoms with E-state index in [1.807, 2.05) is 4.90 Å². The zero-order valence-corrected chi connectivity index (χ0v) is 18.2. The van der Waals surface area contributed by atoms with Gasteiger partial charge in [-0.3, -0.25) is 26.2 Å². The number of nitrogens with zero attached hydrogens (tertiary/aromatic N) is 1. The number of alkyl halides is 4. The number of likely N-dealkylation sites (tertiary alicyclic amines) is 1. The maximum Gasteiger partial charge on any atom is 0.411 e. The average molecular weight is 477 g/mol. The molecule has 3 rings (SSSR count). The van der Waals surface area contributed by atoms with Crippen LogP contribution in [0.2, 0.25) is 0 Å². The van der Waals surface area contributed by atoms with Crippen LogP contribution in [0, 0.1) is 5.92 Å². The Hall–Kier alpha value is -0.610. The summed E-state index contributed by atoms with van der Waals surface area (Å²) in [6.07, 6.45) is -3.07. The number of halogens is 4. The average Bonchev–Trinajstić information content (AvgIpc) is 3.12. The van der Waals surface area contributed by atoms with Crippen molar-refractivity contribution in [1.29, 1.82) is 0 Å². The van der Waals surface area contributed by atoms with E-state index >= 15 is 0 Å². The molecule has 4 unspecified atom stereocenters. The first kappa shape index (κ1) is 25.0. The van der Waals surface area contributed by atoms with Gasteiger partial charge in [0, 0.05) is 25.7 Å². The minimum atomic E-state index is -4.46. The quantitative estimate of drug-likeness (QED) is 0.311. The predicted octanol–water partition coefficient (Wildman–Crippen LogP) is -0.0601. The number of hydrogen-bond donors (Lipinski definition) is 5. The van der Waals surface area contributed by atoms with Crippen molar-refractivity contribution in [3.05, 3.63) is 0 Å². The lowest BCUT2D eigenvalue weighted by atomic mass is 9.88. The molecule has 0 bridgehead atoms. The summed E-state index contributed by atoms with van der Waals surface area (Å²) in [5, 5.41) is 12.3. The molecule has 0 radical (unpaired) electrons. The second kappa shape index (κ2) is 10.5. The lowest BCUT2D eigenvalue weighted by molar-refractivity contribution is -0.201. The van der Waals surface area contributed by atoms with Gasteiger partial charge in [-0.15, -0.1) is 0 Å². The van der Waals surface area contributed by atoms with Crippen molar-refractivity contribution in [3.63, 3.8) is 0 Å². The minimum absolute atomic E-state index is 0.273. The van der Waals surface area contributed by atoms with Gasteiger partial charge in [0.25, 0.3) is 0 Å². The van der Waals surface area contributed by atoms with E-state index in [1.54, 1.807) is 0 Å². The molecule has 14 heteroatoms. The standard InChI is InChI=1S/C17H32F4N6O3S/c1-31(28,29)26-13-6-7-27(9-13)15-23-14(22-8-11-2-4-12(18)5-3-11)24-16(25-15)30-10-17(19,20)21/h11-16,22-26H,2-10H2,1H3. The van der Waals surface area contributed by atoms with Gasteiger partial charge < -0.3 is 4.74 Å². The van der Waals surface area contributed by atoms with Gasteiger partial charge in [-0.05, 0) is 38.0 Å². The second-order valence-electron chi connectivity index (χ2n) is 8.54. The molecule has 182 valence electrons. The van der Waals surface area contributed by atoms with E-state index in [0.717, 1.165) is 19.1 Å². The third-order valence-electron chi connectivity index (χ3n) is 5.72. The van der Waals surface area contributed by atoms with Crippen LogP contribution in [0.4, 0.5) is 17.6 Å². The molecule has 5 N–H and O–H groups in total. The van der Waals surface area contributed by atoms with E-state index in [4.69, 9.17) is 4.74 Å². The summed E-state index contributed by atoms with van der Waals surface area (Å²) in [7, 11) is -3.35. The fraction of sp³-hybridized carbons (Fsp3) is 1.00. The molecule has 1 aliphatic carbocycles. The zero-order chi connectivity index (χ0) is 22.6. The summed E-state index contributed by atoms with van der Waals surface area (Å²) >= 11 is 0. The normalized spacial score (nSPS) is 36.0. The molecule has 2 heterocycles. The van der Waals surface area contributed by atoms with Crippen LogP contribution in [-0.4, -0.2) is 83.1 Å². The van der Waals surface area contributed by atoms with Crippen LogP contribution in [-0.2, 0) is 14.8 Å². The summed E-state index contributed by atoms with van der Waals surface area (Å²) in [6, 6.07) is -0.273. The maximum absolute atomic E-state index is 13.3. The molecule has 9 nitrogen and oxygen atoms in total. The summed E-state index contributed by atoms with van der Waals surface area (Å²) in [6.45, 7) is 0.137. The Morgan fingerprint density at radius 3 is 2.45 bits per heavy atom. The van der Waals surface area contributed by atoms with Gasteiger partial charge in [-0.25, -0.2) is 17.5 Å². The number of nitrogens with one attached hydrogen (secondary N) is 5. The SMILES string of the molecule is CS(=O)(=O)NC1CCN(C2NC(NCC3CCC(F)CC3)NC(OCC(F)(F)F)N2)C1. The minimum Gasteiger partial charge on any atom is -0.340 e. The Morgan fingerprint density at radius 1 is 1.10 bits per heavy atom. The van der Waals surface area contributed by atoms with Crippen LogP contribution in [0.1, 0.15) is 32.1 Å². The zero-order valence-electron chi connectivity index (χ0n) is 17.4. The van der Waals surface area contributed by atoms with Crippen LogP contribution >= 0.6 is 0 Å². The third-order valence-corrected chi connectivity index (χ3v) is 6.48. The van der Waals surface area contributed by atoms with Gasteiger partial charge in [0.15, 0.2) is 6.35 Å². The van der Waals surface area contributed by atoms with Crippen LogP contribution in [0.3, 0.4) is 0 Å². The highest BCUT2D eigenvalue weighted by Crippen LogP contribution is 2.25. The van der Waals surface area contributed by atoms with Crippen molar-refractivity contribution in [3.8, 4) is 0 Å².